The summed E-state index contributed by atoms with van der Waals surface area (Å²) in [5.74, 6) is -0.0471. The lowest BCUT2D eigenvalue weighted by Gasteiger charge is -2.34. The van der Waals surface area contributed by atoms with Crippen molar-refractivity contribution in [3.8, 4) is 0 Å². The van der Waals surface area contributed by atoms with Crippen molar-refractivity contribution in [2.45, 2.75) is 37.1 Å². The summed E-state index contributed by atoms with van der Waals surface area (Å²) in [6.07, 6.45) is -1.51. The predicted molar refractivity (Wildman–Crippen MR) is 72.8 cm³/mol. The van der Waals surface area contributed by atoms with Gasteiger partial charge < -0.3 is 25.4 Å². The normalized spacial score (nSPS) is 37.2. The summed E-state index contributed by atoms with van der Waals surface area (Å²) >= 11 is 0. The molecule has 2 bridgehead atoms. The number of aliphatic hydroxyl groups is 2. The maximum atomic E-state index is 11.8. The van der Waals surface area contributed by atoms with Crippen LogP contribution < -0.4 is 11.3 Å². The van der Waals surface area contributed by atoms with Gasteiger partial charge in [0.2, 0.25) is 5.95 Å². The SMILES string of the molecule is CC1OC2[C@H](n3cnc4c(=O)[nH]c(N)nc43)O[C@@]1(CO)[C@@H]2O. The Morgan fingerprint density at radius 1 is 1.59 bits per heavy atom. The molecule has 0 radical (unpaired) electrons. The van der Waals surface area contributed by atoms with Gasteiger partial charge in [0, 0.05) is 0 Å². The van der Waals surface area contributed by atoms with Crippen LogP contribution in [0.3, 0.4) is 0 Å². The maximum Gasteiger partial charge on any atom is 0.280 e. The summed E-state index contributed by atoms with van der Waals surface area (Å²) in [4.78, 5) is 22.2. The van der Waals surface area contributed by atoms with Gasteiger partial charge in [0.1, 0.15) is 17.8 Å². The Hall–Kier alpha value is -2.01. The van der Waals surface area contributed by atoms with Crippen LogP contribution in [0.5, 0.6) is 0 Å². The lowest BCUT2D eigenvalue weighted by molar-refractivity contribution is -0.216. The number of nitrogen functional groups attached to an aromatic ring is 1. The standard InChI is InChI=1S/C12H15N5O5/c1-4-12(2-18)7(19)6(21-4)10(22-12)17-3-14-5-8(17)15-11(13)16-9(5)20/h3-4,6-7,10,18-19H,2H2,1H3,(H3,13,15,16,20)/t4?,6?,7-,10-,12-/m1/s1. The molecular formula is C12H15N5O5. The summed E-state index contributed by atoms with van der Waals surface area (Å²) in [5, 5.41) is 20.0. The first-order chi connectivity index (χ1) is 10.5. The quantitative estimate of drug-likeness (QED) is 0.503. The Bertz CT molecular complexity index is 803. The number of ether oxygens (including phenoxy) is 2. The van der Waals surface area contributed by atoms with Gasteiger partial charge in [-0.2, -0.15) is 4.98 Å². The molecule has 2 aromatic rings. The number of fused-ring (bicyclic) bond motifs is 3. The smallest absolute Gasteiger partial charge is 0.280 e. The monoisotopic (exact) mass is 309 g/mol. The van der Waals surface area contributed by atoms with Gasteiger partial charge in [0.05, 0.1) is 19.0 Å². The number of hydrogen-bond donors (Lipinski definition) is 4. The van der Waals surface area contributed by atoms with Gasteiger partial charge >= 0.3 is 0 Å². The lowest BCUT2D eigenvalue weighted by Crippen LogP contribution is -2.49. The van der Waals surface area contributed by atoms with Crippen molar-refractivity contribution in [1.82, 2.24) is 19.5 Å². The fourth-order valence-corrected chi connectivity index (χ4v) is 3.23. The molecule has 5 atom stereocenters. The molecule has 0 aromatic carbocycles. The summed E-state index contributed by atoms with van der Waals surface area (Å²) < 4.78 is 13.0. The number of hydrogen-bond acceptors (Lipinski definition) is 8. The van der Waals surface area contributed by atoms with Crippen molar-refractivity contribution < 1.29 is 19.7 Å². The number of anilines is 1. The van der Waals surface area contributed by atoms with E-state index in [1.807, 2.05) is 0 Å². The fourth-order valence-electron chi connectivity index (χ4n) is 3.23. The number of aliphatic hydroxyl groups excluding tert-OH is 2. The number of aromatic nitrogens is 4. The molecule has 10 heteroatoms. The molecule has 4 heterocycles. The van der Waals surface area contributed by atoms with E-state index in [9.17, 15) is 15.0 Å². The second kappa shape index (κ2) is 4.26. The molecule has 2 saturated heterocycles. The Morgan fingerprint density at radius 2 is 2.36 bits per heavy atom. The van der Waals surface area contributed by atoms with Gasteiger partial charge in [-0.25, -0.2) is 4.98 Å². The van der Waals surface area contributed by atoms with E-state index in [-0.39, 0.29) is 23.7 Å². The number of H-pyrrole nitrogens is 1. The second-order valence-electron chi connectivity index (χ2n) is 5.58. The summed E-state index contributed by atoms with van der Waals surface area (Å²) in [6, 6.07) is 0. The van der Waals surface area contributed by atoms with Crippen LogP contribution in [0, 0.1) is 0 Å². The van der Waals surface area contributed by atoms with E-state index in [1.54, 1.807) is 6.92 Å². The molecule has 4 rings (SSSR count). The fraction of sp³-hybridized carbons (Fsp3) is 0.583. The number of aromatic amines is 1. The predicted octanol–water partition coefficient (Wildman–Crippen LogP) is -1.89. The molecule has 2 aromatic heterocycles. The number of nitrogens with one attached hydrogen (secondary N) is 1. The molecule has 0 spiro atoms. The van der Waals surface area contributed by atoms with E-state index >= 15 is 0 Å². The van der Waals surface area contributed by atoms with E-state index in [2.05, 4.69) is 15.0 Å². The highest BCUT2D eigenvalue weighted by molar-refractivity contribution is 5.70. The minimum absolute atomic E-state index is 0.0471. The Kier molecular flexibility index (Phi) is 2.64. The zero-order valence-corrected chi connectivity index (χ0v) is 11.6. The van der Waals surface area contributed by atoms with Crippen molar-refractivity contribution in [2.75, 3.05) is 12.3 Å². The van der Waals surface area contributed by atoms with Crippen LogP contribution in [0.4, 0.5) is 5.95 Å². The summed E-state index contributed by atoms with van der Waals surface area (Å²) in [6.45, 7) is 1.34. The second-order valence-corrected chi connectivity index (χ2v) is 5.58. The van der Waals surface area contributed by atoms with E-state index in [4.69, 9.17) is 15.2 Å². The van der Waals surface area contributed by atoms with Crippen LogP contribution in [-0.2, 0) is 9.47 Å². The van der Waals surface area contributed by atoms with Gasteiger partial charge in [0.15, 0.2) is 17.4 Å². The molecule has 10 nitrogen and oxygen atoms in total. The van der Waals surface area contributed by atoms with Crippen LogP contribution in [0.2, 0.25) is 0 Å². The van der Waals surface area contributed by atoms with Gasteiger partial charge in [-0.1, -0.05) is 0 Å². The van der Waals surface area contributed by atoms with Crippen LogP contribution in [0.1, 0.15) is 13.2 Å². The first-order valence-electron chi connectivity index (χ1n) is 6.82. The van der Waals surface area contributed by atoms with E-state index in [0.717, 1.165) is 0 Å². The third-order valence-corrected chi connectivity index (χ3v) is 4.45. The zero-order valence-electron chi connectivity index (χ0n) is 11.6. The number of imidazole rings is 1. The Labute approximate surface area is 123 Å². The van der Waals surface area contributed by atoms with Crippen LogP contribution in [0.25, 0.3) is 11.2 Å². The van der Waals surface area contributed by atoms with Crippen molar-refractivity contribution in [1.29, 1.82) is 0 Å². The zero-order chi connectivity index (χ0) is 15.6. The Balaban J connectivity index is 1.84. The average molecular weight is 309 g/mol. The minimum Gasteiger partial charge on any atom is -0.393 e. The molecule has 2 aliphatic heterocycles. The topological polar surface area (TPSA) is 149 Å². The molecule has 2 aliphatic rings. The third kappa shape index (κ3) is 1.49. The summed E-state index contributed by atoms with van der Waals surface area (Å²) in [5.41, 5.74) is 4.25. The van der Waals surface area contributed by atoms with Crippen molar-refractivity contribution in [3.63, 3.8) is 0 Å². The molecule has 118 valence electrons. The van der Waals surface area contributed by atoms with Crippen molar-refractivity contribution >= 4 is 17.1 Å². The highest BCUT2D eigenvalue weighted by Gasteiger charge is 2.65. The first kappa shape index (κ1) is 13.6. The molecule has 0 aliphatic carbocycles. The lowest BCUT2D eigenvalue weighted by atomic mass is 9.95. The first-order valence-corrected chi connectivity index (χ1v) is 6.82. The largest absolute Gasteiger partial charge is 0.393 e. The number of rotatable bonds is 2. The highest BCUT2D eigenvalue weighted by Crippen LogP contribution is 2.48. The highest BCUT2D eigenvalue weighted by atomic mass is 16.7. The molecule has 5 N–H and O–H groups in total. The van der Waals surface area contributed by atoms with Crippen LogP contribution in [0.15, 0.2) is 11.1 Å². The summed E-state index contributed by atoms with van der Waals surface area (Å²) in [7, 11) is 0. The van der Waals surface area contributed by atoms with E-state index in [0.29, 0.717) is 0 Å². The van der Waals surface area contributed by atoms with Crippen LogP contribution >= 0.6 is 0 Å². The molecule has 0 saturated carbocycles. The Morgan fingerprint density at radius 3 is 3.05 bits per heavy atom. The van der Waals surface area contributed by atoms with Gasteiger partial charge in [-0.15, -0.1) is 0 Å². The molecule has 0 amide bonds. The minimum atomic E-state index is -1.20. The van der Waals surface area contributed by atoms with Gasteiger partial charge in [-0.3, -0.25) is 14.3 Å². The molecule has 2 fully saturated rings. The molecular weight excluding hydrogens is 294 g/mol. The van der Waals surface area contributed by atoms with Gasteiger partial charge in [-0.05, 0) is 6.92 Å². The third-order valence-electron chi connectivity index (χ3n) is 4.45. The number of nitrogens with two attached hydrogens (primary N) is 1. The van der Waals surface area contributed by atoms with Crippen molar-refractivity contribution in [3.05, 3.63) is 16.7 Å². The average Bonchev–Trinajstić information content (AvgIpc) is 3.08. The molecule has 2 unspecified atom stereocenters. The van der Waals surface area contributed by atoms with E-state index in [1.165, 1.54) is 10.9 Å². The van der Waals surface area contributed by atoms with Gasteiger partial charge in [0.25, 0.3) is 5.56 Å². The molecule has 22 heavy (non-hydrogen) atoms. The number of nitrogens with zero attached hydrogens (tertiary/aromatic N) is 3. The van der Waals surface area contributed by atoms with Crippen molar-refractivity contribution in [2.24, 2.45) is 0 Å². The van der Waals surface area contributed by atoms with E-state index < -0.39 is 35.7 Å². The van der Waals surface area contributed by atoms with Crippen LogP contribution in [-0.4, -0.2) is 60.3 Å². The maximum absolute atomic E-state index is 11.8.